The molecule has 2 heterocycles. The van der Waals surface area contributed by atoms with Crippen molar-refractivity contribution in [2.24, 2.45) is 11.7 Å². The molecule has 3 amide bonds. The van der Waals surface area contributed by atoms with Crippen LogP contribution in [0.5, 0.6) is 0 Å². The second-order valence-electron chi connectivity index (χ2n) is 6.37. The van der Waals surface area contributed by atoms with Gasteiger partial charge >= 0.3 is 6.03 Å². The normalized spacial score (nSPS) is 22.6. The van der Waals surface area contributed by atoms with Gasteiger partial charge in [0, 0.05) is 26.7 Å². The number of primary amides is 1. The molecule has 0 aromatic carbocycles. The Balaban J connectivity index is 1.96. The van der Waals surface area contributed by atoms with Gasteiger partial charge in [-0.05, 0) is 18.8 Å². The number of nitrogens with zero attached hydrogens (tertiary/aromatic N) is 2. The number of hydrogen-bond acceptors (Lipinski definition) is 4. The first-order valence-corrected chi connectivity index (χ1v) is 7.52. The van der Waals surface area contributed by atoms with Gasteiger partial charge in [-0.3, -0.25) is 10.1 Å². The van der Waals surface area contributed by atoms with E-state index in [2.05, 4.69) is 5.32 Å². The molecule has 1 spiro atoms. The van der Waals surface area contributed by atoms with Crippen molar-refractivity contribution in [3.8, 4) is 0 Å². The average molecular weight is 298 g/mol. The highest BCUT2D eigenvalue weighted by Crippen LogP contribution is 2.29. The van der Waals surface area contributed by atoms with Crippen molar-refractivity contribution in [2.75, 3.05) is 33.4 Å². The van der Waals surface area contributed by atoms with Crippen LogP contribution in [0, 0.1) is 5.92 Å². The van der Waals surface area contributed by atoms with E-state index >= 15 is 0 Å². The molecule has 2 aliphatic heterocycles. The minimum Gasteiger partial charge on any atom is -0.368 e. The van der Waals surface area contributed by atoms with E-state index in [1.807, 2.05) is 13.8 Å². The second kappa shape index (κ2) is 6.19. The number of piperidine rings is 1. The standard InChI is InChI=1S/C14H26N4O3/c1-10(2)11(12(15)19)17(3)13(20)18-6-4-14(5-7-18)8-16-9-21-14/h10-11,16H,4-9H2,1-3H3,(H2,15,19). The number of rotatable bonds is 3. The number of nitrogens with one attached hydrogen (secondary N) is 1. The fourth-order valence-electron chi connectivity index (χ4n) is 3.27. The number of carbonyl (C=O) groups is 2. The SMILES string of the molecule is CC(C)C(C(N)=O)N(C)C(=O)N1CCC2(CC1)CNCO2. The minimum atomic E-state index is -0.571. The minimum absolute atomic E-state index is 0.00468. The first-order valence-electron chi connectivity index (χ1n) is 7.52. The van der Waals surface area contributed by atoms with E-state index in [4.69, 9.17) is 10.5 Å². The maximum absolute atomic E-state index is 12.5. The van der Waals surface area contributed by atoms with E-state index in [1.54, 1.807) is 11.9 Å². The molecule has 0 aromatic heterocycles. The predicted octanol–water partition coefficient (Wildman–Crippen LogP) is -0.0400. The number of hydrogen-bond donors (Lipinski definition) is 2. The Labute approximate surface area is 125 Å². The number of carbonyl (C=O) groups excluding carboxylic acids is 2. The summed E-state index contributed by atoms with van der Waals surface area (Å²) in [6.07, 6.45) is 1.64. The van der Waals surface area contributed by atoms with Gasteiger partial charge in [0.2, 0.25) is 5.91 Å². The molecule has 0 aromatic rings. The molecule has 2 saturated heterocycles. The highest BCUT2D eigenvalue weighted by molar-refractivity contribution is 5.86. The topological polar surface area (TPSA) is 87.9 Å². The third-order valence-corrected chi connectivity index (χ3v) is 4.51. The van der Waals surface area contributed by atoms with Crippen LogP contribution >= 0.6 is 0 Å². The number of nitrogens with two attached hydrogens (primary N) is 1. The predicted molar refractivity (Wildman–Crippen MR) is 78.5 cm³/mol. The fraction of sp³-hybridized carbons (Fsp3) is 0.857. The summed E-state index contributed by atoms with van der Waals surface area (Å²) in [6, 6.07) is -0.703. The highest BCUT2D eigenvalue weighted by Gasteiger charge is 2.41. The monoisotopic (exact) mass is 298 g/mol. The van der Waals surface area contributed by atoms with Crippen molar-refractivity contribution in [1.29, 1.82) is 0 Å². The molecule has 7 nitrogen and oxygen atoms in total. The highest BCUT2D eigenvalue weighted by atomic mass is 16.5. The Morgan fingerprint density at radius 3 is 2.38 bits per heavy atom. The van der Waals surface area contributed by atoms with Crippen molar-refractivity contribution in [1.82, 2.24) is 15.1 Å². The maximum atomic E-state index is 12.5. The van der Waals surface area contributed by atoms with Gasteiger partial charge in [-0.1, -0.05) is 13.8 Å². The lowest BCUT2D eigenvalue weighted by molar-refractivity contribution is -0.123. The van der Waals surface area contributed by atoms with Gasteiger partial charge in [-0.15, -0.1) is 0 Å². The van der Waals surface area contributed by atoms with Crippen LogP contribution in [0.2, 0.25) is 0 Å². The van der Waals surface area contributed by atoms with Crippen LogP contribution in [0.1, 0.15) is 26.7 Å². The molecule has 7 heteroatoms. The summed E-state index contributed by atoms with van der Waals surface area (Å²) in [5, 5.41) is 3.20. The average Bonchev–Trinajstić information content (AvgIpc) is 2.86. The summed E-state index contributed by atoms with van der Waals surface area (Å²) in [7, 11) is 1.65. The molecule has 0 saturated carbocycles. The molecule has 3 N–H and O–H groups in total. The molecule has 2 rings (SSSR count). The third-order valence-electron chi connectivity index (χ3n) is 4.51. The molecule has 21 heavy (non-hydrogen) atoms. The Morgan fingerprint density at radius 2 is 1.95 bits per heavy atom. The van der Waals surface area contributed by atoms with Gasteiger partial charge in [-0.25, -0.2) is 4.79 Å². The summed E-state index contributed by atoms with van der Waals surface area (Å²) in [6.45, 7) is 6.51. The largest absolute Gasteiger partial charge is 0.368 e. The van der Waals surface area contributed by atoms with Gasteiger partial charge < -0.3 is 20.3 Å². The lowest BCUT2D eigenvalue weighted by atomic mass is 9.92. The summed E-state index contributed by atoms with van der Waals surface area (Å²) in [5.41, 5.74) is 5.31. The van der Waals surface area contributed by atoms with Crippen LogP contribution in [0.4, 0.5) is 4.79 Å². The van der Waals surface area contributed by atoms with Crippen LogP contribution in [0.15, 0.2) is 0 Å². The molecule has 2 fully saturated rings. The number of likely N-dealkylation sites (N-methyl/N-ethyl adjacent to an activating group) is 1. The lowest BCUT2D eigenvalue weighted by Gasteiger charge is -2.40. The molecular weight excluding hydrogens is 272 g/mol. The van der Waals surface area contributed by atoms with Crippen molar-refractivity contribution in [3.05, 3.63) is 0 Å². The second-order valence-corrected chi connectivity index (χ2v) is 6.37. The molecule has 0 radical (unpaired) electrons. The van der Waals surface area contributed by atoms with Crippen LogP contribution < -0.4 is 11.1 Å². The van der Waals surface area contributed by atoms with Crippen molar-refractivity contribution in [2.45, 2.75) is 38.3 Å². The van der Waals surface area contributed by atoms with Crippen LogP contribution in [-0.2, 0) is 9.53 Å². The smallest absolute Gasteiger partial charge is 0.320 e. The molecule has 1 atom stereocenters. The van der Waals surface area contributed by atoms with Crippen molar-refractivity contribution in [3.63, 3.8) is 0 Å². The third kappa shape index (κ3) is 3.29. The first kappa shape index (κ1) is 16.0. The Morgan fingerprint density at radius 1 is 1.33 bits per heavy atom. The van der Waals surface area contributed by atoms with Gasteiger partial charge in [0.1, 0.15) is 6.04 Å². The van der Waals surface area contributed by atoms with E-state index < -0.39 is 11.9 Å². The summed E-state index contributed by atoms with van der Waals surface area (Å²) in [4.78, 5) is 27.3. The Hall–Kier alpha value is -1.34. The van der Waals surface area contributed by atoms with Crippen LogP contribution in [-0.4, -0.2) is 66.8 Å². The number of ether oxygens (including phenoxy) is 1. The van der Waals surface area contributed by atoms with Crippen LogP contribution in [0.25, 0.3) is 0 Å². The Kier molecular flexibility index (Phi) is 4.73. The van der Waals surface area contributed by atoms with Crippen molar-refractivity contribution >= 4 is 11.9 Å². The molecule has 2 aliphatic rings. The zero-order valence-corrected chi connectivity index (χ0v) is 13.1. The first-order chi connectivity index (χ1) is 9.86. The zero-order valence-electron chi connectivity index (χ0n) is 13.1. The molecule has 120 valence electrons. The molecule has 0 aliphatic carbocycles. The van der Waals surface area contributed by atoms with Gasteiger partial charge in [0.15, 0.2) is 0 Å². The number of amides is 3. The summed E-state index contributed by atoms with van der Waals surface area (Å²) >= 11 is 0. The molecule has 0 bridgehead atoms. The van der Waals surface area contributed by atoms with E-state index in [1.165, 1.54) is 4.90 Å². The van der Waals surface area contributed by atoms with E-state index in [9.17, 15) is 9.59 Å². The molecular formula is C14H26N4O3. The zero-order chi connectivity index (χ0) is 15.6. The molecule has 1 unspecified atom stereocenters. The quantitative estimate of drug-likeness (QED) is 0.765. The van der Waals surface area contributed by atoms with E-state index in [0.29, 0.717) is 19.8 Å². The van der Waals surface area contributed by atoms with Crippen LogP contribution in [0.3, 0.4) is 0 Å². The van der Waals surface area contributed by atoms with Crippen molar-refractivity contribution < 1.29 is 14.3 Å². The van der Waals surface area contributed by atoms with E-state index in [-0.39, 0.29) is 17.6 Å². The van der Waals surface area contributed by atoms with Gasteiger partial charge in [-0.2, -0.15) is 0 Å². The maximum Gasteiger partial charge on any atom is 0.320 e. The van der Waals surface area contributed by atoms with Gasteiger partial charge in [0.05, 0.1) is 12.3 Å². The fourth-order valence-corrected chi connectivity index (χ4v) is 3.27. The Bertz CT molecular complexity index is 397. The number of urea groups is 1. The summed E-state index contributed by atoms with van der Waals surface area (Å²) < 4.78 is 5.76. The number of likely N-dealkylation sites (tertiary alicyclic amines) is 1. The summed E-state index contributed by atoms with van der Waals surface area (Å²) in [5.74, 6) is -0.465. The lowest BCUT2D eigenvalue weighted by Crippen LogP contribution is -2.56. The van der Waals surface area contributed by atoms with E-state index in [0.717, 1.165) is 19.4 Å². The van der Waals surface area contributed by atoms with Gasteiger partial charge in [0.25, 0.3) is 0 Å².